The van der Waals surface area contributed by atoms with Crippen LogP contribution in [0.1, 0.15) is 24.2 Å². The molecular formula is C16H15FO4. The third kappa shape index (κ3) is 2.64. The van der Waals surface area contributed by atoms with Crippen LogP contribution in [0, 0.1) is 12.7 Å². The largest absolute Gasteiger partial charge is 0.457 e. The Morgan fingerprint density at radius 3 is 2.71 bits per heavy atom. The first-order valence-corrected chi connectivity index (χ1v) is 6.60. The molecule has 0 bridgehead atoms. The van der Waals surface area contributed by atoms with Crippen LogP contribution >= 0.6 is 0 Å². The summed E-state index contributed by atoms with van der Waals surface area (Å²) in [4.78, 5) is 0. The Morgan fingerprint density at radius 2 is 1.95 bits per heavy atom. The third-order valence-electron chi connectivity index (χ3n) is 3.31. The monoisotopic (exact) mass is 290 g/mol. The molecule has 4 nitrogen and oxygen atoms in total. The van der Waals surface area contributed by atoms with Gasteiger partial charge in [-0.05, 0) is 43.7 Å². The molecule has 0 saturated carbocycles. The predicted octanol–water partition coefficient (Wildman–Crippen LogP) is 3.71. The van der Waals surface area contributed by atoms with Crippen molar-refractivity contribution in [1.29, 1.82) is 0 Å². The lowest BCUT2D eigenvalue weighted by atomic mass is 10.1. The summed E-state index contributed by atoms with van der Waals surface area (Å²) in [6.45, 7) is 3.40. The average molecular weight is 290 g/mol. The molecule has 0 fully saturated rings. The lowest BCUT2D eigenvalue weighted by molar-refractivity contribution is 0.174. The highest BCUT2D eigenvalue weighted by Gasteiger charge is 2.17. The molecule has 0 saturated heterocycles. The normalized spacial score (nSPS) is 14.1. The van der Waals surface area contributed by atoms with Crippen molar-refractivity contribution < 1.29 is 23.7 Å². The number of ether oxygens (including phenoxy) is 3. The van der Waals surface area contributed by atoms with E-state index >= 15 is 0 Å². The molecule has 2 aromatic rings. The summed E-state index contributed by atoms with van der Waals surface area (Å²) in [5, 5.41) is 9.76. The molecule has 3 rings (SSSR count). The number of aliphatic hydroxyl groups is 1. The highest BCUT2D eigenvalue weighted by molar-refractivity contribution is 5.49. The number of rotatable bonds is 3. The quantitative estimate of drug-likeness (QED) is 0.936. The lowest BCUT2D eigenvalue weighted by Crippen LogP contribution is -1.99. The van der Waals surface area contributed by atoms with E-state index in [9.17, 15) is 9.50 Å². The zero-order valence-corrected chi connectivity index (χ0v) is 11.7. The highest BCUT2D eigenvalue weighted by Crippen LogP contribution is 2.38. The fraction of sp³-hybridized carbons (Fsp3) is 0.250. The van der Waals surface area contributed by atoms with Crippen molar-refractivity contribution >= 4 is 0 Å². The van der Waals surface area contributed by atoms with Crippen LogP contribution in [-0.4, -0.2) is 11.9 Å². The van der Waals surface area contributed by atoms with Gasteiger partial charge in [0, 0.05) is 11.6 Å². The Morgan fingerprint density at radius 1 is 1.19 bits per heavy atom. The van der Waals surface area contributed by atoms with Gasteiger partial charge in [0.1, 0.15) is 17.3 Å². The standard InChI is InChI=1S/C16H15FO4/c1-9-5-15(12(10(2)18)7-13(9)17)21-11-3-4-14-16(6-11)20-8-19-14/h3-7,10,18H,8H2,1-2H3. The summed E-state index contributed by atoms with van der Waals surface area (Å²) in [5.74, 6) is 1.84. The fourth-order valence-corrected chi connectivity index (χ4v) is 2.15. The van der Waals surface area contributed by atoms with Crippen LogP contribution in [0.5, 0.6) is 23.0 Å². The number of hydrogen-bond acceptors (Lipinski definition) is 4. The summed E-state index contributed by atoms with van der Waals surface area (Å²) in [7, 11) is 0. The fourth-order valence-electron chi connectivity index (χ4n) is 2.15. The van der Waals surface area contributed by atoms with E-state index in [1.807, 2.05) is 0 Å². The summed E-state index contributed by atoms with van der Waals surface area (Å²) in [6, 6.07) is 8.05. The van der Waals surface area contributed by atoms with Crippen LogP contribution in [0.3, 0.4) is 0 Å². The maximum Gasteiger partial charge on any atom is 0.231 e. The van der Waals surface area contributed by atoms with E-state index in [0.717, 1.165) is 0 Å². The van der Waals surface area contributed by atoms with Gasteiger partial charge in [-0.15, -0.1) is 0 Å². The second kappa shape index (κ2) is 5.26. The van der Waals surface area contributed by atoms with Gasteiger partial charge in [0.25, 0.3) is 0 Å². The van der Waals surface area contributed by atoms with Crippen LogP contribution in [0.15, 0.2) is 30.3 Å². The van der Waals surface area contributed by atoms with Gasteiger partial charge in [-0.3, -0.25) is 0 Å². The second-order valence-corrected chi connectivity index (χ2v) is 4.93. The van der Waals surface area contributed by atoms with E-state index in [2.05, 4.69) is 0 Å². The van der Waals surface area contributed by atoms with Crippen molar-refractivity contribution in [1.82, 2.24) is 0 Å². The van der Waals surface area contributed by atoms with Gasteiger partial charge in [-0.1, -0.05) is 0 Å². The topological polar surface area (TPSA) is 47.9 Å². The molecule has 21 heavy (non-hydrogen) atoms. The zero-order chi connectivity index (χ0) is 15.0. The maximum atomic E-state index is 13.6. The maximum absolute atomic E-state index is 13.6. The summed E-state index contributed by atoms with van der Waals surface area (Å²) in [6.07, 6.45) is -0.830. The third-order valence-corrected chi connectivity index (χ3v) is 3.31. The van der Waals surface area contributed by atoms with Crippen LogP contribution in [0.25, 0.3) is 0 Å². The first-order valence-electron chi connectivity index (χ1n) is 6.60. The van der Waals surface area contributed by atoms with Gasteiger partial charge in [0.2, 0.25) is 6.79 Å². The van der Waals surface area contributed by atoms with Gasteiger partial charge in [-0.2, -0.15) is 0 Å². The van der Waals surface area contributed by atoms with E-state index in [-0.39, 0.29) is 12.6 Å². The smallest absolute Gasteiger partial charge is 0.231 e. The minimum absolute atomic E-state index is 0.188. The summed E-state index contributed by atoms with van der Waals surface area (Å²) >= 11 is 0. The molecule has 1 unspecified atom stereocenters. The number of hydrogen-bond donors (Lipinski definition) is 1. The lowest BCUT2D eigenvalue weighted by Gasteiger charge is -2.15. The van der Waals surface area contributed by atoms with E-state index in [1.165, 1.54) is 6.07 Å². The number of benzene rings is 2. The van der Waals surface area contributed by atoms with Crippen molar-refractivity contribution in [3.05, 3.63) is 47.3 Å². The van der Waals surface area contributed by atoms with Crippen LogP contribution in [0.4, 0.5) is 4.39 Å². The number of aryl methyl sites for hydroxylation is 1. The molecular weight excluding hydrogens is 275 g/mol. The minimum Gasteiger partial charge on any atom is -0.457 e. The Bertz CT molecular complexity index is 682. The van der Waals surface area contributed by atoms with Crippen molar-refractivity contribution in [2.45, 2.75) is 20.0 Å². The Hall–Kier alpha value is -2.27. The van der Waals surface area contributed by atoms with E-state index in [4.69, 9.17) is 14.2 Å². The van der Waals surface area contributed by atoms with Crippen LogP contribution in [-0.2, 0) is 0 Å². The van der Waals surface area contributed by atoms with E-state index in [1.54, 1.807) is 38.1 Å². The predicted molar refractivity (Wildman–Crippen MR) is 74.4 cm³/mol. The molecule has 1 heterocycles. The Labute approximate surface area is 121 Å². The molecule has 0 spiro atoms. The van der Waals surface area contributed by atoms with Gasteiger partial charge >= 0.3 is 0 Å². The van der Waals surface area contributed by atoms with Gasteiger partial charge in [0.05, 0.1) is 6.10 Å². The minimum atomic E-state index is -0.830. The molecule has 5 heteroatoms. The molecule has 1 atom stereocenters. The molecule has 2 aromatic carbocycles. The number of fused-ring (bicyclic) bond motifs is 1. The average Bonchev–Trinajstić information content (AvgIpc) is 2.89. The van der Waals surface area contributed by atoms with Crippen molar-refractivity contribution in [3.63, 3.8) is 0 Å². The molecule has 0 aliphatic carbocycles. The van der Waals surface area contributed by atoms with Crippen molar-refractivity contribution in [2.75, 3.05) is 6.79 Å². The summed E-state index contributed by atoms with van der Waals surface area (Å²) < 4.78 is 29.9. The van der Waals surface area contributed by atoms with E-state index < -0.39 is 6.10 Å². The highest BCUT2D eigenvalue weighted by atomic mass is 19.1. The number of aliphatic hydroxyl groups excluding tert-OH is 1. The molecule has 0 amide bonds. The van der Waals surface area contributed by atoms with Crippen LogP contribution in [0.2, 0.25) is 0 Å². The summed E-state index contributed by atoms with van der Waals surface area (Å²) in [5.41, 5.74) is 0.853. The molecule has 1 aliphatic rings. The van der Waals surface area contributed by atoms with Gasteiger partial charge in [0.15, 0.2) is 11.5 Å². The molecule has 0 aromatic heterocycles. The Balaban J connectivity index is 1.95. The van der Waals surface area contributed by atoms with Crippen molar-refractivity contribution in [3.8, 4) is 23.0 Å². The Kier molecular flexibility index (Phi) is 3.43. The van der Waals surface area contributed by atoms with E-state index in [0.29, 0.717) is 34.1 Å². The zero-order valence-electron chi connectivity index (χ0n) is 11.7. The van der Waals surface area contributed by atoms with Crippen molar-refractivity contribution in [2.24, 2.45) is 0 Å². The SMILES string of the molecule is Cc1cc(Oc2ccc3c(c2)OCO3)c(C(C)O)cc1F. The molecule has 1 N–H and O–H groups in total. The first-order chi connectivity index (χ1) is 10.0. The first kappa shape index (κ1) is 13.7. The number of halogens is 1. The van der Waals surface area contributed by atoms with Crippen LogP contribution < -0.4 is 14.2 Å². The molecule has 1 aliphatic heterocycles. The van der Waals surface area contributed by atoms with Gasteiger partial charge in [-0.25, -0.2) is 4.39 Å². The second-order valence-electron chi connectivity index (χ2n) is 4.93. The molecule has 0 radical (unpaired) electrons. The molecule has 110 valence electrons. The van der Waals surface area contributed by atoms with Gasteiger partial charge < -0.3 is 19.3 Å².